The number of rotatable bonds is 6. The summed E-state index contributed by atoms with van der Waals surface area (Å²) < 4.78 is 0. The second-order valence-corrected chi connectivity index (χ2v) is 6.14. The van der Waals surface area contributed by atoms with Crippen LogP contribution in [0.1, 0.15) is 16.8 Å². The summed E-state index contributed by atoms with van der Waals surface area (Å²) in [7, 11) is 1.52. The van der Waals surface area contributed by atoms with Gasteiger partial charge in [0.05, 0.1) is 19.2 Å². The Morgan fingerprint density at radius 1 is 1.00 bits per heavy atom. The van der Waals surface area contributed by atoms with Gasteiger partial charge in [-0.15, -0.1) is 11.8 Å². The maximum atomic E-state index is 5.04. The summed E-state index contributed by atoms with van der Waals surface area (Å²) in [6, 6.07) is 16.9. The molecule has 124 valence electrons. The largest absolute Gasteiger partial charge is 1.00 e. The van der Waals surface area contributed by atoms with Crippen LogP contribution in [0.3, 0.4) is 0 Å². The quantitative estimate of drug-likeness (QED) is 0.130. The maximum Gasteiger partial charge on any atom is 1.00 e. The average molecular weight is 556 g/mol. The van der Waals surface area contributed by atoms with Crippen LogP contribution in [0.2, 0.25) is 0 Å². The first-order valence-corrected chi connectivity index (χ1v) is 8.90. The average Bonchev–Trinajstić information content (AvgIpc) is 2.62. The Labute approximate surface area is 261 Å². The number of halogens is 1. The van der Waals surface area contributed by atoms with E-state index in [0.29, 0.717) is 6.61 Å². The van der Waals surface area contributed by atoms with Crippen molar-refractivity contribution in [1.82, 2.24) is 4.98 Å². The van der Waals surface area contributed by atoms with Crippen molar-refractivity contribution in [3.63, 3.8) is 0 Å². The van der Waals surface area contributed by atoms with Crippen LogP contribution in [0, 0.1) is 6.92 Å². The van der Waals surface area contributed by atoms with Gasteiger partial charge in [0, 0.05) is 11.8 Å². The van der Waals surface area contributed by atoms with Gasteiger partial charge < -0.3 is 0 Å². The Hall–Kier alpha value is 1.73. The molecule has 3 nitrogen and oxygen atoms in total. The van der Waals surface area contributed by atoms with Gasteiger partial charge in [0.25, 0.3) is 0 Å². The van der Waals surface area contributed by atoms with Crippen molar-refractivity contribution in [1.29, 1.82) is 0 Å². The number of pyridine rings is 1. The number of nitrogens with zero attached hydrogens (tertiary/aromatic N) is 1. The van der Waals surface area contributed by atoms with Gasteiger partial charge in [-0.2, -0.15) is 6.07 Å². The normalized spacial score (nSPS) is 10.2. The van der Waals surface area contributed by atoms with Crippen molar-refractivity contribution in [2.75, 3.05) is 13.7 Å². The van der Waals surface area contributed by atoms with E-state index in [1.807, 2.05) is 6.07 Å². The first-order valence-electron chi connectivity index (χ1n) is 7.78. The van der Waals surface area contributed by atoms with Crippen molar-refractivity contribution < 1.29 is 126 Å². The molecule has 3 rings (SSSR count). The minimum absolute atomic E-state index is 0. The van der Waals surface area contributed by atoms with Crippen molar-refractivity contribution in [3.8, 4) is 11.1 Å². The smallest absolute Gasteiger partial charge is 0.287 e. The van der Waals surface area contributed by atoms with E-state index in [2.05, 4.69) is 70.3 Å². The number of fused-ring (bicyclic) bond motifs is 1. The van der Waals surface area contributed by atoms with Crippen LogP contribution in [0.25, 0.3) is 22.0 Å². The second-order valence-electron chi connectivity index (χ2n) is 5.58. The van der Waals surface area contributed by atoms with Gasteiger partial charge in [-0.1, -0.05) is 40.2 Å². The molecule has 2 aromatic carbocycles. The summed E-state index contributed by atoms with van der Waals surface area (Å²) in [4.78, 5) is 14.3. The fraction of sp³-hybridized carbons (Fsp3) is 0.200. The van der Waals surface area contributed by atoms with Crippen LogP contribution in [-0.2, 0) is 21.5 Å². The fourth-order valence-electron chi connectivity index (χ4n) is 2.73. The Morgan fingerprint density at radius 2 is 1.73 bits per heavy atom. The zero-order chi connectivity index (χ0) is 16.9. The summed E-state index contributed by atoms with van der Waals surface area (Å²) in [6.07, 6.45) is 0.730. The van der Waals surface area contributed by atoms with E-state index in [1.54, 1.807) is 0 Å². The Kier molecular flexibility index (Phi) is 13.0. The van der Waals surface area contributed by atoms with Gasteiger partial charge in [0.15, 0.2) is 0 Å². The van der Waals surface area contributed by atoms with Gasteiger partial charge in [0.1, 0.15) is 0 Å². The van der Waals surface area contributed by atoms with Crippen LogP contribution in [0.15, 0.2) is 48.5 Å². The molecule has 26 heavy (non-hydrogen) atoms. The number of hydrogen-bond acceptors (Lipinski definition) is 3. The molecule has 0 bridgehead atoms. The van der Waals surface area contributed by atoms with Crippen molar-refractivity contribution in [2.45, 2.75) is 11.8 Å². The van der Waals surface area contributed by atoms with E-state index in [1.165, 1.54) is 23.8 Å². The maximum absolute atomic E-state index is 5.04. The molecular weight excluding hydrogens is 537 g/mol. The molecule has 0 saturated carbocycles. The van der Waals surface area contributed by atoms with Crippen LogP contribution >= 0.6 is 15.9 Å². The molecule has 1 aromatic heterocycles. The molecule has 0 spiro atoms. The van der Waals surface area contributed by atoms with Gasteiger partial charge >= 0.3 is 116 Å². The predicted octanol–water partition coefficient (Wildman–Crippen LogP) is -0.893. The van der Waals surface area contributed by atoms with Gasteiger partial charge in [0.2, 0.25) is 0 Å². The number of aromatic nitrogens is 1. The molecule has 0 amide bonds. The molecule has 1 heterocycles. The molecule has 0 aliphatic carbocycles. The van der Waals surface area contributed by atoms with E-state index < -0.39 is 0 Å². The molecule has 0 fully saturated rings. The molecule has 0 aliphatic heterocycles. The SMILES string of the molecule is [CH2-]c1ccc2cc(-c3ccc(CBr)cc3)cc(CCOOC)c2n1.[Rb+].[Rb+]. The fourth-order valence-corrected chi connectivity index (χ4v) is 3.10. The van der Waals surface area contributed by atoms with Gasteiger partial charge in [-0.3, -0.25) is 4.98 Å². The zero-order valence-electron chi connectivity index (χ0n) is 15.6. The topological polar surface area (TPSA) is 31.4 Å². The minimum Gasteiger partial charge on any atom is -0.287 e. The Balaban J connectivity index is 0.00000169. The van der Waals surface area contributed by atoms with Crippen molar-refractivity contribution in [3.05, 3.63) is 72.3 Å². The van der Waals surface area contributed by atoms with Crippen LogP contribution in [0.4, 0.5) is 0 Å². The number of benzene rings is 2. The zero-order valence-corrected chi connectivity index (χ0v) is 27.0. The third-order valence-corrected chi connectivity index (χ3v) is 4.59. The summed E-state index contributed by atoms with van der Waals surface area (Å²) in [6.45, 7) is 4.42. The molecule has 0 atom stereocenters. The third-order valence-electron chi connectivity index (χ3n) is 3.94. The minimum atomic E-state index is 0. The summed E-state index contributed by atoms with van der Waals surface area (Å²) in [5.74, 6) is 0. The summed E-state index contributed by atoms with van der Waals surface area (Å²) >= 11 is 3.48. The van der Waals surface area contributed by atoms with Crippen molar-refractivity contribution >= 4 is 26.8 Å². The molecule has 3 aromatic rings. The molecule has 0 saturated heterocycles. The van der Waals surface area contributed by atoms with E-state index in [-0.39, 0.29) is 116 Å². The van der Waals surface area contributed by atoms with Crippen LogP contribution < -0.4 is 116 Å². The first kappa shape index (κ1) is 25.8. The van der Waals surface area contributed by atoms with Crippen LogP contribution in [-0.4, -0.2) is 18.7 Å². The van der Waals surface area contributed by atoms with E-state index in [0.717, 1.165) is 33.9 Å². The number of alkyl halides is 1. The van der Waals surface area contributed by atoms with E-state index >= 15 is 0 Å². The predicted molar refractivity (Wildman–Crippen MR) is 101 cm³/mol. The molecule has 0 radical (unpaired) electrons. The van der Waals surface area contributed by atoms with E-state index in [9.17, 15) is 0 Å². The van der Waals surface area contributed by atoms with Gasteiger partial charge in [-0.05, 0) is 39.8 Å². The van der Waals surface area contributed by atoms with Crippen LogP contribution in [0.5, 0.6) is 0 Å². The molecule has 6 heteroatoms. The summed E-state index contributed by atoms with van der Waals surface area (Å²) in [5.41, 5.74) is 6.50. The Morgan fingerprint density at radius 3 is 2.38 bits per heavy atom. The summed E-state index contributed by atoms with van der Waals surface area (Å²) in [5, 5.41) is 1.97. The van der Waals surface area contributed by atoms with Gasteiger partial charge in [-0.25, -0.2) is 16.7 Å². The standard InChI is InChI=1S/C20H19BrNO2.2Rb/c1-14-3-6-17-11-19(16-7-4-15(13-21)5-8-16)12-18(20(17)22-14)9-10-24-23-2;;/h3-8,11-12H,1,9-10,13H2,2H3;;/q-1;2*+1. The third kappa shape index (κ3) is 6.91. The molecule has 0 N–H and O–H groups in total. The Bertz CT molecular complexity index is 841. The monoisotopic (exact) mass is 554 g/mol. The van der Waals surface area contributed by atoms with Crippen molar-refractivity contribution in [2.24, 2.45) is 0 Å². The van der Waals surface area contributed by atoms with E-state index in [4.69, 9.17) is 9.78 Å². The molecular formula is C20H19BrNO2Rb2+. The first-order chi connectivity index (χ1) is 11.7. The second kappa shape index (κ2) is 13.1. The molecule has 0 unspecified atom stereocenters. The molecule has 0 aliphatic rings. The number of hydrogen-bond donors (Lipinski definition) is 0.